The highest BCUT2D eigenvalue weighted by atomic mass is 32.2. The molecule has 2 aliphatic heterocycles. The summed E-state index contributed by atoms with van der Waals surface area (Å²) >= 11 is 0. The minimum atomic E-state index is -4.55. The molecule has 110 valence electrons. The number of alkyl halides is 3. The van der Waals surface area contributed by atoms with Crippen LogP contribution in [0.4, 0.5) is 13.2 Å². The molecule has 2 bridgehead atoms. The quantitative estimate of drug-likeness (QED) is 0.866. The number of halogens is 3. The van der Waals surface area contributed by atoms with Gasteiger partial charge in [0.2, 0.25) is 0 Å². The first-order chi connectivity index (χ1) is 9.31. The third-order valence-corrected chi connectivity index (χ3v) is 6.27. The van der Waals surface area contributed by atoms with Gasteiger partial charge in [-0.3, -0.25) is 9.19 Å². The van der Waals surface area contributed by atoms with Gasteiger partial charge in [-0.05, 0) is 37.8 Å². The first kappa shape index (κ1) is 14.0. The Balaban J connectivity index is 2.03. The molecule has 3 nitrogen and oxygen atoms in total. The van der Waals surface area contributed by atoms with Gasteiger partial charge in [-0.25, -0.2) is 0 Å². The molecule has 0 spiro atoms. The summed E-state index contributed by atoms with van der Waals surface area (Å²) in [7, 11) is -1.04. The zero-order valence-corrected chi connectivity index (χ0v) is 11.4. The lowest BCUT2D eigenvalue weighted by Gasteiger charge is -2.36. The number of nitrogens with zero attached hydrogens (tertiary/aromatic N) is 1. The van der Waals surface area contributed by atoms with Crippen LogP contribution in [0.25, 0.3) is 0 Å². The van der Waals surface area contributed by atoms with E-state index in [0.29, 0.717) is 12.8 Å². The van der Waals surface area contributed by atoms with Crippen LogP contribution in [-0.4, -0.2) is 24.8 Å². The van der Waals surface area contributed by atoms with Gasteiger partial charge in [0, 0.05) is 27.5 Å². The van der Waals surface area contributed by atoms with Crippen LogP contribution in [0.15, 0.2) is 18.3 Å². The van der Waals surface area contributed by atoms with Gasteiger partial charge < -0.3 is 5.11 Å². The maximum atomic E-state index is 13.0. The van der Waals surface area contributed by atoms with E-state index in [-0.39, 0.29) is 29.0 Å². The maximum absolute atomic E-state index is 13.0. The zero-order valence-electron chi connectivity index (χ0n) is 10.6. The molecule has 0 amide bonds. The maximum Gasteiger partial charge on any atom is 0.418 e. The molecule has 1 N–H and O–H groups in total. The fourth-order valence-electron chi connectivity index (χ4n) is 3.28. The van der Waals surface area contributed by atoms with Crippen LogP contribution in [0.5, 0.6) is 0 Å². The summed E-state index contributed by atoms with van der Waals surface area (Å²) in [6.45, 7) is 0. The third kappa shape index (κ3) is 2.16. The lowest BCUT2D eigenvalue weighted by molar-refractivity contribution is -0.141. The number of hydrogen-bond donors (Lipinski definition) is 1. The summed E-state index contributed by atoms with van der Waals surface area (Å²) in [5.41, 5.74) is -2.83. The Morgan fingerprint density at radius 2 is 1.90 bits per heavy atom. The summed E-state index contributed by atoms with van der Waals surface area (Å²) in [4.78, 5) is 3.79. The molecule has 20 heavy (non-hydrogen) atoms. The molecule has 2 aliphatic rings. The van der Waals surface area contributed by atoms with E-state index in [1.807, 2.05) is 0 Å². The predicted molar refractivity (Wildman–Crippen MR) is 67.3 cm³/mol. The highest BCUT2D eigenvalue weighted by Crippen LogP contribution is 2.47. The van der Waals surface area contributed by atoms with E-state index >= 15 is 0 Å². The van der Waals surface area contributed by atoms with Crippen molar-refractivity contribution in [1.29, 1.82) is 0 Å². The van der Waals surface area contributed by atoms with Gasteiger partial charge in [-0.15, -0.1) is 0 Å². The standard InChI is InChI=1S/C13H14F3NO2S/c14-13(15,16)10-2-1-5-17-11(10)12(18)6-8-3-4-9(7-12)20(8)19/h1-2,5,8-9,18H,3-4,6-7H2. The summed E-state index contributed by atoms with van der Waals surface area (Å²) in [5, 5.41) is 10.2. The smallest absolute Gasteiger partial charge is 0.383 e. The van der Waals surface area contributed by atoms with Gasteiger partial charge >= 0.3 is 6.18 Å². The Morgan fingerprint density at radius 3 is 2.45 bits per heavy atom. The van der Waals surface area contributed by atoms with Crippen molar-refractivity contribution in [1.82, 2.24) is 4.98 Å². The minimum absolute atomic E-state index is 0.0935. The molecule has 2 fully saturated rings. The lowest BCUT2D eigenvalue weighted by Crippen LogP contribution is -2.42. The summed E-state index contributed by atoms with van der Waals surface area (Å²) in [6, 6.07) is 2.15. The van der Waals surface area contributed by atoms with Gasteiger partial charge in [0.05, 0.1) is 11.3 Å². The topological polar surface area (TPSA) is 50.2 Å². The van der Waals surface area contributed by atoms with Crippen molar-refractivity contribution >= 4 is 10.8 Å². The van der Waals surface area contributed by atoms with Crippen LogP contribution < -0.4 is 0 Å². The van der Waals surface area contributed by atoms with E-state index in [1.165, 1.54) is 12.3 Å². The molecular formula is C13H14F3NO2S. The number of aromatic nitrogens is 1. The molecule has 0 radical (unpaired) electrons. The molecule has 3 rings (SSSR count). The van der Waals surface area contributed by atoms with Gasteiger partial charge in [0.1, 0.15) is 5.60 Å². The minimum Gasteiger partial charge on any atom is -0.383 e. The average Bonchev–Trinajstić information content (AvgIpc) is 2.62. The Hall–Kier alpha value is -0.950. The summed E-state index contributed by atoms with van der Waals surface area (Å²) in [6.07, 6.45) is -1.70. The lowest BCUT2D eigenvalue weighted by atomic mass is 9.87. The largest absolute Gasteiger partial charge is 0.418 e. The van der Waals surface area contributed by atoms with Crippen molar-refractivity contribution < 1.29 is 22.5 Å². The molecule has 0 saturated carbocycles. The fourth-order valence-corrected chi connectivity index (χ4v) is 5.44. The molecule has 0 aliphatic carbocycles. The monoisotopic (exact) mass is 305 g/mol. The van der Waals surface area contributed by atoms with E-state index in [0.717, 1.165) is 6.07 Å². The average molecular weight is 305 g/mol. The van der Waals surface area contributed by atoms with Crippen LogP contribution in [0, 0.1) is 0 Å². The van der Waals surface area contributed by atoms with Crippen LogP contribution >= 0.6 is 0 Å². The SMILES string of the molecule is O=S1C2CCC1CC(O)(c1ncccc1C(F)(F)F)C2. The van der Waals surface area contributed by atoms with Gasteiger partial charge in [0.15, 0.2) is 0 Å². The van der Waals surface area contributed by atoms with Crippen LogP contribution in [0.3, 0.4) is 0 Å². The van der Waals surface area contributed by atoms with E-state index in [9.17, 15) is 22.5 Å². The van der Waals surface area contributed by atoms with Crippen molar-refractivity contribution in [3.05, 3.63) is 29.6 Å². The van der Waals surface area contributed by atoms with Crippen molar-refractivity contribution in [2.75, 3.05) is 0 Å². The summed E-state index contributed by atoms with van der Waals surface area (Å²) in [5.74, 6) is 0. The van der Waals surface area contributed by atoms with E-state index in [4.69, 9.17) is 0 Å². The molecule has 2 unspecified atom stereocenters. The number of hydrogen-bond acceptors (Lipinski definition) is 3. The second-order valence-electron chi connectivity index (χ2n) is 5.49. The highest BCUT2D eigenvalue weighted by Gasteiger charge is 2.51. The number of pyridine rings is 1. The third-order valence-electron chi connectivity index (χ3n) is 4.15. The molecule has 1 aromatic rings. The normalized spacial score (nSPS) is 37.1. The van der Waals surface area contributed by atoms with E-state index in [2.05, 4.69) is 4.98 Å². The fraction of sp³-hybridized carbons (Fsp3) is 0.615. The Bertz CT molecular complexity index is 545. The highest BCUT2D eigenvalue weighted by molar-refractivity contribution is 7.86. The van der Waals surface area contributed by atoms with Crippen LogP contribution in [0.1, 0.15) is 36.9 Å². The van der Waals surface area contributed by atoms with Crippen molar-refractivity contribution in [3.63, 3.8) is 0 Å². The molecule has 7 heteroatoms. The molecular weight excluding hydrogens is 291 g/mol. The number of rotatable bonds is 1. The first-order valence-electron chi connectivity index (χ1n) is 6.46. The Labute approximate surface area is 116 Å². The Morgan fingerprint density at radius 1 is 1.30 bits per heavy atom. The zero-order chi connectivity index (χ0) is 14.5. The molecule has 1 aromatic heterocycles. The molecule has 2 atom stereocenters. The predicted octanol–water partition coefficient (Wildman–Crippen LogP) is 2.36. The molecule has 0 aromatic carbocycles. The van der Waals surface area contributed by atoms with Gasteiger partial charge in [-0.2, -0.15) is 13.2 Å². The van der Waals surface area contributed by atoms with Crippen molar-refractivity contribution in [3.8, 4) is 0 Å². The van der Waals surface area contributed by atoms with E-state index in [1.54, 1.807) is 0 Å². The number of aliphatic hydroxyl groups is 1. The van der Waals surface area contributed by atoms with Crippen LogP contribution in [-0.2, 0) is 22.6 Å². The van der Waals surface area contributed by atoms with Crippen molar-refractivity contribution in [2.45, 2.75) is 48.0 Å². The Kier molecular flexibility index (Phi) is 3.17. The second kappa shape index (κ2) is 4.53. The molecule has 3 heterocycles. The number of fused-ring (bicyclic) bond motifs is 2. The summed E-state index contributed by atoms with van der Waals surface area (Å²) < 4.78 is 51.1. The molecule has 2 saturated heterocycles. The van der Waals surface area contributed by atoms with Crippen LogP contribution in [0.2, 0.25) is 0 Å². The van der Waals surface area contributed by atoms with Crippen molar-refractivity contribution in [2.24, 2.45) is 0 Å². The second-order valence-corrected chi connectivity index (χ2v) is 7.48. The first-order valence-corrected chi connectivity index (χ1v) is 7.73. The van der Waals surface area contributed by atoms with Gasteiger partial charge in [0.25, 0.3) is 0 Å². The van der Waals surface area contributed by atoms with Gasteiger partial charge in [-0.1, -0.05) is 0 Å². The van der Waals surface area contributed by atoms with E-state index < -0.39 is 28.1 Å².